The first-order valence-corrected chi connectivity index (χ1v) is 4.64. The van der Waals surface area contributed by atoms with E-state index in [1.807, 2.05) is 0 Å². The van der Waals surface area contributed by atoms with Crippen molar-refractivity contribution in [2.75, 3.05) is 19.8 Å². The van der Waals surface area contributed by atoms with Crippen LogP contribution in [-0.4, -0.2) is 19.8 Å². The van der Waals surface area contributed by atoms with Gasteiger partial charge in [0.15, 0.2) is 0 Å². The summed E-state index contributed by atoms with van der Waals surface area (Å²) in [6, 6.07) is 0. The summed E-state index contributed by atoms with van der Waals surface area (Å²) < 4.78 is 60.2. The van der Waals surface area contributed by atoms with Crippen LogP contribution in [0, 0.1) is 0 Å². The van der Waals surface area contributed by atoms with Gasteiger partial charge in [-0.2, -0.15) is 0 Å². The molecule has 0 aliphatic carbocycles. The molecular formula is C6H15O4P. The largest absolute Gasteiger partial charge is 0.474 e. The van der Waals surface area contributed by atoms with E-state index < -0.39 is 21.2 Å². The summed E-state index contributed by atoms with van der Waals surface area (Å²) in [6.07, 6.45) is 0. The molecule has 0 aliphatic heterocycles. The summed E-state index contributed by atoms with van der Waals surface area (Å²) in [6.45, 7) is -3.26. The van der Waals surface area contributed by atoms with Gasteiger partial charge in [-0.15, -0.1) is 0 Å². The highest BCUT2D eigenvalue weighted by Crippen LogP contribution is 2.48. The Balaban J connectivity index is 4.82. The van der Waals surface area contributed by atoms with Crippen molar-refractivity contribution in [3.8, 4) is 0 Å². The summed E-state index contributed by atoms with van der Waals surface area (Å²) in [4.78, 5) is 0. The molecule has 0 atom stereocenters. The molecule has 0 N–H and O–H groups in total. The SMILES string of the molecule is [2H]C([2H])([2H])C([2H])([2H])OP(=O)(OCC)OCC. The van der Waals surface area contributed by atoms with Crippen LogP contribution in [0.3, 0.4) is 0 Å². The lowest BCUT2D eigenvalue weighted by molar-refractivity contribution is 0.126. The van der Waals surface area contributed by atoms with Crippen LogP contribution < -0.4 is 0 Å². The van der Waals surface area contributed by atoms with Gasteiger partial charge in [0.25, 0.3) is 0 Å². The second kappa shape index (κ2) is 5.72. The average Bonchev–Trinajstić information content (AvgIpc) is 2.00. The summed E-state index contributed by atoms with van der Waals surface area (Å²) >= 11 is 0. The van der Waals surface area contributed by atoms with Crippen molar-refractivity contribution in [1.29, 1.82) is 0 Å². The molecule has 0 aliphatic rings. The van der Waals surface area contributed by atoms with E-state index in [0.29, 0.717) is 0 Å². The summed E-state index contributed by atoms with van der Waals surface area (Å²) in [5, 5.41) is 0. The highest BCUT2D eigenvalue weighted by molar-refractivity contribution is 7.48. The molecule has 0 aromatic rings. The molecule has 11 heavy (non-hydrogen) atoms. The van der Waals surface area contributed by atoms with Crippen molar-refractivity contribution in [2.24, 2.45) is 0 Å². The third kappa shape index (κ3) is 4.53. The second-order valence-corrected chi connectivity index (χ2v) is 3.07. The van der Waals surface area contributed by atoms with E-state index >= 15 is 0 Å². The average molecular weight is 187 g/mol. The maximum absolute atomic E-state index is 11.7. The lowest BCUT2D eigenvalue weighted by Gasteiger charge is -2.14. The van der Waals surface area contributed by atoms with Crippen LogP contribution in [0.25, 0.3) is 0 Å². The van der Waals surface area contributed by atoms with Crippen LogP contribution in [0.2, 0.25) is 0 Å². The van der Waals surface area contributed by atoms with Crippen LogP contribution in [0.5, 0.6) is 0 Å². The van der Waals surface area contributed by atoms with E-state index in [-0.39, 0.29) is 13.2 Å². The Morgan fingerprint density at radius 1 is 1.36 bits per heavy atom. The van der Waals surface area contributed by atoms with Crippen LogP contribution in [0.15, 0.2) is 0 Å². The lowest BCUT2D eigenvalue weighted by atomic mass is 10.9. The van der Waals surface area contributed by atoms with Gasteiger partial charge < -0.3 is 0 Å². The molecule has 0 heterocycles. The van der Waals surface area contributed by atoms with Gasteiger partial charge in [0.05, 0.1) is 22.5 Å². The molecule has 4 nitrogen and oxygen atoms in total. The van der Waals surface area contributed by atoms with E-state index in [2.05, 4.69) is 13.6 Å². The number of rotatable bonds is 6. The van der Waals surface area contributed by atoms with Crippen molar-refractivity contribution in [1.82, 2.24) is 0 Å². The van der Waals surface area contributed by atoms with Gasteiger partial charge in [-0.05, 0) is 20.7 Å². The van der Waals surface area contributed by atoms with Gasteiger partial charge in [0, 0.05) is 4.11 Å². The highest BCUT2D eigenvalue weighted by atomic mass is 31.2. The van der Waals surface area contributed by atoms with E-state index in [1.54, 1.807) is 0 Å². The Morgan fingerprint density at radius 3 is 2.27 bits per heavy atom. The Bertz CT molecular complexity index is 256. The summed E-state index contributed by atoms with van der Waals surface area (Å²) in [7, 11) is -4.17. The molecule has 68 valence electrons. The van der Waals surface area contributed by atoms with E-state index in [4.69, 9.17) is 6.85 Å². The van der Waals surface area contributed by atoms with Gasteiger partial charge in [0.2, 0.25) is 0 Å². The van der Waals surface area contributed by atoms with Crippen LogP contribution >= 0.6 is 7.82 Å². The summed E-state index contributed by atoms with van der Waals surface area (Å²) in [5.74, 6) is 0. The topological polar surface area (TPSA) is 44.8 Å². The van der Waals surface area contributed by atoms with Gasteiger partial charge >= 0.3 is 7.82 Å². The second-order valence-electron chi connectivity index (χ2n) is 1.48. The predicted molar refractivity (Wildman–Crippen MR) is 42.5 cm³/mol. The molecule has 0 radical (unpaired) electrons. The zero-order valence-corrected chi connectivity index (χ0v) is 7.39. The zero-order valence-electron chi connectivity index (χ0n) is 11.5. The molecular weight excluding hydrogens is 167 g/mol. The molecule has 0 amide bonds. The molecule has 0 aromatic carbocycles. The zero-order chi connectivity index (χ0) is 13.0. The maximum atomic E-state index is 11.7. The van der Waals surface area contributed by atoms with Gasteiger partial charge in [-0.25, -0.2) is 4.57 Å². The molecule has 5 heteroatoms. The summed E-state index contributed by atoms with van der Waals surface area (Å²) in [5.41, 5.74) is 0. The number of hydrogen-bond acceptors (Lipinski definition) is 4. The minimum atomic E-state index is -4.17. The highest BCUT2D eigenvalue weighted by Gasteiger charge is 2.23. The lowest BCUT2D eigenvalue weighted by Crippen LogP contribution is -1.99. The number of phosphoric ester groups is 1. The van der Waals surface area contributed by atoms with E-state index in [9.17, 15) is 4.57 Å². The minimum Gasteiger partial charge on any atom is -0.287 e. The number of phosphoric acid groups is 1. The fourth-order valence-electron chi connectivity index (χ4n) is 0.462. The minimum absolute atomic E-state index is 0.0473. The maximum Gasteiger partial charge on any atom is 0.474 e. The van der Waals surface area contributed by atoms with Gasteiger partial charge in [0.1, 0.15) is 0 Å². The van der Waals surface area contributed by atoms with Crippen LogP contribution in [-0.2, 0) is 18.1 Å². The standard InChI is InChI=1S/C6H15O4P/c1-4-8-11(7,9-5-2)10-6-3/h4-6H2,1-3H3/i1D3,4D2. The monoisotopic (exact) mass is 187 g/mol. The molecule has 0 saturated heterocycles. The van der Waals surface area contributed by atoms with Crippen LogP contribution in [0.4, 0.5) is 0 Å². The normalized spacial score (nSPS) is 21.1. The van der Waals surface area contributed by atoms with Gasteiger partial charge in [-0.3, -0.25) is 13.6 Å². The van der Waals surface area contributed by atoms with E-state index in [1.165, 1.54) is 13.8 Å². The molecule has 0 saturated carbocycles. The first-order chi connectivity index (χ1) is 7.08. The van der Waals surface area contributed by atoms with Crippen molar-refractivity contribution in [2.45, 2.75) is 20.7 Å². The van der Waals surface area contributed by atoms with Crippen molar-refractivity contribution in [3.63, 3.8) is 0 Å². The molecule has 0 aromatic heterocycles. The van der Waals surface area contributed by atoms with Gasteiger partial charge in [-0.1, -0.05) is 0 Å². The first kappa shape index (κ1) is 4.97. The Hall–Kier alpha value is 0.110. The van der Waals surface area contributed by atoms with Crippen molar-refractivity contribution >= 4 is 7.82 Å². The quantitative estimate of drug-likeness (QED) is 0.598. The molecule has 0 unspecified atom stereocenters. The third-order valence-corrected chi connectivity index (χ3v) is 2.20. The van der Waals surface area contributed by atoms with Crippen molar-refractivity contribution < 1.29 is 25.0 Å². The molecule has 0 rings (SSSR count). The molecule has 0 bridgehead atoms. The fourth-order valence-corrected chi connectivity index (χ4v) is 1.39. The Morgan fingerprint density at radius 2 is 1.91 bits per heavy atom. The Kier molecular flexibility index (Phi) is 2.59. The van der Waals surface area contributed by atoms with E-state index in [0.717, 1.165) is 0 Å². The van der Waals surface area contributed by atoms with Crippen molar-refractivity contribution in [3.05, 3.63) is 0 Å². The third-order valence-electron chi connectivity index (χ3n) is 0.732. The van der Waals surface area contributed by atoms with Crippen LogP contribution in [0.1, 0.15) is 27.6 Å². The predicted octanol–water partition coefficient (Wildman–Crippen LogP) is 2.20. The smallest absolute Gasteiger partial charge is 0.287 e. The molecule has 0 spiro atoms. The molecule has 0 fully saturated rings. The number of hydrogen-bond donors (Lipinski definition) is 0. The first-order valence-electron chi connectivity index (χ1n) is 5.68. The fraction of sp³-hybridized carbons (Fsp3) is 1.00. The Labute approximate surface area is 74.5 Å².